The third-order valence-corrected chi connectivity index (χ3v) is 2.95. The maximum atomic E-state index is 12.1. The number of rotatable bonds is 5. The van der Waals surface area contributed by atoms with E-state index in [1.165, 1.54) is 13.4 Å². The number of carbonyl (C=O) groups excluding carboxylic acids is 1. The molecule has 2 rings (SSSR count). The third-order valence-electron chi connectivity index (χ3n) is 2.95. The van der Waals surface area contributed by atoms with Crippen molar-refractivity contribution < 1.29 is 14.7 Å². The molecule has 11 nitrogen and oxygen atoms in total. The van der Waals surface area contributed by atoms with Crippen molar-refractivity contribution in [2.24, 2.45) is 7.05 Å². The molecule has 0 aromatic carbocycles. The number of carbonyl (C=O) groups is 2. The number of aromatic nitrogens is 6. The zero-order chi connectivity index (χ0) is 17.4. The van der Waals surface area contributed by atoms with Crippen LogP contribution in [-0.2, 0) is 18.4 Å². The zero-order valence-corrected chi connectivity index (χ0v) is 13.1. The van der Waals surface area contributed by atoms with Gasteiger partial charge in [0, 0.05) is 13.6 Å². The summed E-state index contributed by atoms with van der Waals surface area (Å²) in [4.78, 5) is 38.2. The van der Waals surface area contributed by atoms with Crippen LogP contribution in [0.3, 0.4) is 0 Å². The number of H-pyrrole nitrogens is 1. The summed E-state index contributed by atoms with van der Waals surface area (Å²) in [7, 11) is 1.47. The monoisotopic (exact) mass is 325 g/mol. The minimum Gasteiger partial charge on any atom is -0.483 e. The Morgan fingerprint density at radius 2 is 2.17 bits per heavy atom. The molecule has 1 unspecified atom stereocenters. The normalized spacial score (nSPS) is 11.3. The van der Waals surface area contributed by atoms with Crippen molar-refractivity contribution in [2.75, 3.05) is 0 Å². The second-order valence-corrected chi connectivity index (χ2v) is 4.38. The van der Waals surface area contributed by atoms with Gasteiger partial charge in [0.25, 0.3) is 12.4 Å². The molecule has 11 heteroatoms. The summed E-state index contributed by atoms with van der Waals surface area (Å²) in [5.41, 5.74) is -0.431. The maximum absolute atomic E-state index is 12.1. The molecule has 0 aliphatic heterocycles. The Bertz CT molecular complexity index is 702. The fourth-order valence-corrected chi connectivity index (χ4v) is 1.87. The van der Waals surface area contributed by atoms with E-state index in [4.69, 9.17) is 9.90 Å². The Morgan fingerprint density at radius 3 is 2.65 bits per heavy atom. The third kappa shape index (κ3) is 4.49. The standard InChI is InChI=1S/C11H17N7O2.CH2O2/c1-4-7(9-12-6-13-18(9)5-2)14-10(19)8-15-11(20)17(3)16-8;2-1-3/h6-7H,4-5H2,1-3H3,(H,14,19)(H,15,16,20);1H,(H,2,3). The first kappa shape index (κ1) is 18.1. The molecule has 23 heavy (non-hydrogen) atoms. The summed E-state index contributed by atoms with van der Waals surface area (Å²) in [5.74, 6) is 0.223. The van der Waals surface area contributed by atoms with Crippen LogP contribution in [0.5, 0.6) is 0 Å². The van der Waals surface area contributed by atoms with Gasteiger partial charge in [-0.1, -0.05) is 6.92 Å². The Labute approximate surface area is 131 Å². The second kappa shape index (κ2) is 8.46. The fourth-order valence-electron chi connectivity index (χ4n) is 1.87. The molecule has 0 saturated heterocycles. The molecule has 0 spiro atoms. The van der Waals surface area contributed by atoms with Crippen molar-refractivity contribution in [1.29, 1.82) is 0 Å². The molecular formula is C12H19N7O4. The highest BCUT2D eigenvalue weighted by atomic mass is 16.3. The van der Waals surface area contributed by atoms with Gasteiger partial charge >= 0.3 is 5.69 Å². The molecule has 0 radical (unpaired) electrons. The van der Waals surface area contributed by atoms with Gasteiger partial charge < -0.3 is 10.4 Å². The Morgan fingerprint density at radius 1 is 1.52 bits per heavy atom. The van der Waals surface area contributed by atoms with Crippen molar-refractivity contribution in [2.45, 2.75) is 32.9 Å². The largest absolute Gasteiger partial charge is 0.483 e. The zero-order valence-electron chi connectivity index (χ0n) is 13.1. The van der Waals surface area contributed by atoms with E-state index in [1.54, 1.807) is 4.68 Å². The molecule has 0 aliphatic rings. The van der Waals surface area contributed by atoms with Crippen molar-refractivity contribution in [3.8, 4) is 0 Å². The molecule has 0 aliphatic carbocycles. The van der Waals surface area contributed by atoms with Gasteiger partial charge in [-0.25, -0.2) is 19.1 Å². The average Bonchev–Trinajstić information content (AvgIpc) is 3.12. The number of aromatic amines is 1. The molecule has 0 saturated carbocycles. The highest BCUT2D eigenvalue weighted by molar-refractivity contribution is 5.90. The summed E-state index contributed by atoms with van der Waals surface area (Å²) in [6, 6.07) is -0.282. The summed E-state index contributed by atoms with van der Waals surface area (Å²) in [6.07, 6.45) is 2.11. The summed E-state index contributed by atoms with van der Waals surface area (Å²) in [5, 5.41) is 17.6. The van der Waals surface area contributed by atoms with E-state index in [-0.39, 0.29) is 18.3 Å². The van der Waals surface area contributed by atoms with Crippen LogP contribution in [0.2, 0.25) is 0 Å². The predicted octanol–water partition coefficient (Wildman–Crippen LogP) is -0.698. The average molecular weight is 325 g/mol. The van der Waals surface area contributed by atoms with Gasteiger partial charge in [0.2, 0.25) is 5.82 Å². The lowest BCUT2D eigenvalue weighted by molar-refractivity contribution is -0.122. The second-order valence-electron chi connectivity index (χ2n) is 4.38. The molecule has 0 fully saturated rings. The number of carboxylic acid groups (broad SMARTS) is 1. The number of nitrogens with one attached hydrogen (secondary N) is 2. The van der Waals surface area contributed by atoms with E-state index in [0.29, 0.717) is 18.8 Å². The maximum Gasteiger partial charge on any atom is 0.343 e. The number of amides is 1. The van der Waals surface area contributed by atoms with Crippen LogP contribution in [0, 0.1) is 0 Å². The molecule has 0 bridgehead atoms. The number of hydrogen-bond donors (Lipinski definition) is 3. The highest BCUT2D eigenvalue weighted by Crippen LogP contribution is 2.13. The van der Waals surface area contributed by atoms with Crippen molar-refractivity contribution >= 4 is 12.4 Å². The van der Waals surface area contributed by atoms with Crippen molar-refractivity contribution in [3.63, 3.8) is 0 Å². The lowest BCUT2D eigenvalue weighted by atomic mass is 10.2. The van der Waals surface area contributed by atoms with E-state index in [9.17, 15) is 9.59 Å². The van der Waals surface area contributed by atoms with Crippen LogP contribution in [-0.4, -0.2) is 47.0 Å². The predicted molar refractivity (Wildman–Crippen MR) is 78.7 cm³/mol. The molecule has 1 atom stereocenters. The van der Waals surface area contributed by atoms with E-state index >= 15 is 0 Å². The smallest absolute Gasteiger partial charge is 0.343 e. The number of hydrogen-bond acceptors (Lipinski definition) is 6. The van der Waals surface area contributed by atoms with Crippen LogP contribution in [0.1, 0.15) is 42.8 Å². The fraction of sp³-hybridized carbons (Fsp3) is 0.500. The highest BCUT2D eigenvalue weighted by Gasteiger charge is 2.21. The summed E-state index contributed by atoms with van der Waals surface area (Å²) >= 11 is 0. The molecular weight excluding hydrogens is 306 g/mol. The Kier molecular flexibility index (Phi) is 6.65. The van der Waals surface area contributed by atoms with Crippen LogP contribution >= 0.6 is 0 Å². The van der Waals surface area contributed by atoms with Gasteiger partial charge in [-0.05, 0) is 13.3 Å². The van der Waals surface area contributed by atoms with Gasteiger partial charge in [0.15, 0.2) is 0 Å². The van der Waals surface area contributed by atoms with Crippen LogP contribution in [0.15, 0.2) is 11.1 Å². The summed E-state index contributed by atoms with van der Waals surface area (Å²) in [6.45, 7) is 4.30. The SMILES string of the molecule is CCC(NC(=O)c1nn(C)c(=O)[nH]1)c1ncnn1CC.O=CO. The molecule has 2 heterocycles. The molecule has 126 valence electrons. The van der Waals surface area contributed by atoms with Gasteiger partial charge in [-0.15, -0.1) is 5.10 Å². The summed E-state index contributed by atoms with van der Waals surface area (Å²) < 4.78 is 2.79. The van der Waals surface area contributed by atoms with Gasteiger partial charge in [-0.3, -0.25) is 14.6 Å². The van der Waals surface area contributed by atoms with Crippen molar-refractivity contribution in [1.82, 2.24) is 34.8 Å². The van der Waals surface area contributed by atoms with Crippen LogP contribution in [0.4, 0.5) is 0 Å². The Hall–Kier alpha value is -2.98. The first-order valence-corrected chi connectivity index (χ1v) is 6.88. The van der Waals surface area contributed by atoms with Crippen LogP contribution < -0.4 is 11.0 Å². The van der Waals surface area contributed by atoms with E-state index in [2.05, 4.69) is 25.5 Å². The van der Waals surface area contributed by atoms with Gasteiger partial charge in [0.1, 0.15) is 12.2 Å². The number of aryl methyl sites for hydroxylation is 2. The molecule has 2 aromatic heterocycles. The molecule has 2 aromatic rings. The lowest BCUT2D eigenvalue weighted by Gasteiger charge is -2.15. The van der Waals surface area contributed by atoms with Crippen molar-refractivity contribution in [3.05, 3.63) is 28.5 Å². The minimum absolute atomic E-state index is 0.0153. The van der Waals surface area contributed by atoms with E-state index in [0.717, 1.165) is 4.68 Å². The van der Waals surface area contributed by atoms with Gasteiger partial charge in [-0.2, -0.15) is 5.10 Å². The lowest BCUT2D eigenvalue weighted by Crippen LogP contribution is -2.31. The number of nitrogens with zero attached hydrogens (tertiary/aromatic N) is 5. The Balaban J connectivity index is 0.000000816. The first-order chi connectivity index (χ1) is 11.0. The molecule has 1 amide bonds. The van der Waals surface area contributed by atoms with Gasteiger partial charge in [0.05, 0.1) is 6.04 Å². The molecule has 3 N–H and O–H groups in total. The van der Waals surface area contributed by atoms with Crippen LogP contribution in [0.25, 0.3) is 0 Å². The van der Waals surface area contributed by atoms with E-state index in [1.807, 2.05) is 13.8 Å². The topological polar surface area (TPSA) is 148 Å². The van der Waals surface area contributed by atoms with E-state index < -0.39 is 11.6 Å². The minimum atomic E-state index is -0.444. The first-order valence-electron chi connectivity index (χ1n) is 6.88. The quantitative estimate of drug-likeness (QED) is 0.616.